The zero-order valence-corrected chi connectivity index (χ0v) is 25.9. The van der Waals surface area contributed by atoms with Crippen LogP contribution in [0, 0.1) is 0 Å². The van der Waals surface area contributed by atoms with E-state index in [-0.39, 0.29) is 38.5 Å². The number of hydrogen-bond donors (Lipinski definition) is 0. The average Bonchev–Trinajstić information content (AvgIpc) is 4.10. The summed E-state index contributed by atoms with van der Waals surface area (Å²) < 4.78 is 219. The largest absolute Gasteiger partial charge is 0.309 e. The van der Waals surface area contributed by atoms with Crippen molar-refractivity contribution in [1.29, 1.82) is 0 Å². The van der Waals surface area contributed by atoms with Crippen LogP contribution in [0.4, 0.5) is 0 Å². The zero-order valence-electron chi connectivity index (χ0n) is 49.9. The van der Waals surface area contributed by atoms with Crippen molar-refractivity contribution in [3.8, 4) is 28.2 Å². The summed E-state index contributed by atoms with van der Waals surface area (Å²) in [6.45, 7) is 0. The highest BCUT2D eigenvalue weighted by Gasteiger charge is 2.19. The molecule has 0 aliphatic rings. The van der Waals surface area contributed by atoms with E-state index in [0.717, 1.165) is 4.57 Å². The molecule has 238 valence electrons. The van der Waals surface area contributed by atoms with Crippen molar-refractivity contribution < 1.29 is 32.9 Å². The van der Waals surface area contributed by atoms with Gasteiger partial charge in [-0.2, -0.15) is 0 Å². The van der Waals surface area contributed by atoms with Gasteiger partial charge in [0.2, 0.25) is 0 Å². The number of benzene rings is 8. The zero-order chi connectivity index (χ0) is 54.4. The Balaban J connectivity index is 1.36. The van der Waals surface area contributed by atoms with E-state index in [0.29, 0.717) is 10.8 Å². The Bertz CT molecular complexity index is 4350. The molecule has 11 rings (SSSR count). The molecule has 3 aromatic heterocycles. The van der Waals surface area contributed by atoms with Crippen molar-refractivity contribution in [3.63, 3.8) is 0 Å². The van der Waals surface area contributed by atoms with E-state index in [4.69, 9.17) is 26.0 Å². The lowest BCUT2D eigenvalue weighted by Gasteiger charge is -2.16. The van der Waals surface area contributed by atoms with Crippen LogP contribution < -0.4 is 0 Å². The van der Waals surface area contributed by atoms with Gasteiger partial charge in [-0.05, 0) is 77.7 Å². The number of para-hydroxylation sites is 5. The summed E-state index contributed by atoms with van der Waals surface area (Å²) in [6.07, 6.45) is 0. The van der Waals surface area contributed by atoms with Crippen LogP contribution in [0.2, 0.25) is 0 Å². The first kappa shape index (κ1) is 13.5. The van der Waals surface area contributed by atoms with Gasteiger partial charge in [0.25, 0.3) is 0 Å². The highest BCUT2D eigenvalue weighted by molar-refractivity contribution is 6.13. The molecule has 0 bridgehead atoms. The van der Waals surface area contributed by atoms with Crippen LogP contribution in [0.15, 0.2) is 187 Å². The lowest BCUT2D eigenvalue weighted by Crippen LogP contribution is -2.00. The van der Waals surface area contributed by atoms with Crippen molar-refractivity contribution in [3.05, 3.63) is 187 Å². The molecule has 0 spiro atoms. The van der Waals surface area contributed by atoms with E-state index < -0.39 is 189 Å². The molecule has 0 aliphatic carbocycles. The summed E-state index contributed by atoms with van der Waals surface area (Å²) in [4.78, 5) is 0. The summed E-state index contributed by atoms with van der Waals surface area (Å²) in [5.41, 5.74) is -3.27. The molecule has 0 radical (unpaired) electrons. The van der Waals surface area contributed by atoms with Gasteiger partial charge in [0, 0.05) is 49.4 Å². The topological polar surface area (TPSA) is 14.8 Å². The molecule has 0 saturated heterocycles. The summed E-state index contributed by atoms with van der Waals surface area (Å²) >= 11 is 0. The van der Waals surface area contributed by atoms with Crippen LogP contribution >= 0.6 is 0 Å². The van der Waals surface area contributed by atoms with Crippen molar-refractivity contribution in [2.75, 3.05) is 0 Å². The van der Waals surface area contributed by atoms with Gasteiger partial charge in [0.1, 0.15) is 0 Å². The molecule has 0 unspecified atom stereocenters. The monoisotopic (exact) mass is 673 g/mol. The number of aromatic nitrogens is 3. The maximum absolute atomic E-state index is 10.2. The van der Waals surface area contributed by atoms with Crippen molar-refractivity contribution >= 4 is 65.4 Å². The lowest BCUT2D eigenvalue weighted by molar-refractivity contribution is 1.13. The molecule has 51 heavy (non-hydrogen) atoms. The Hall–Kier alpha value is -6.84. The molecule has 8 aromatic carbocycles. The third-order valence-electron chi connectivity index (χ3n) is 8.90. The van der Waals surface area contributed by atoms with Gasteiger partial charge in [0.05, 0.1) is 66.0 Å². The van der Waals surface area contributed by atoms with Crippen LogP contribution in [0.25, 0.3) is 93.6 Å². The number of nitrogens with zero attached hydrogens (tertiary/aromatic N) is 3. The Morgan fingerprint density at radius 3 is 1.33 bits per heavy atom. The van der Waals surface area contributed by atoms with E-state index in [1.807, 2.05) is 0 Å². The molecule has 11 aromatic rings. The van der Waals surface area contributed by atoms with E-state index in [2.05, 4.69) is 0 Å². The van der Waals surface area contributed by atoms with Crippen LogP contribution in [-0.2, 0) is 0 Å². The number of rotatable bonds is 4. The standard InChI is InChI=1S/C48H31N3/c1-2-14-32(15-3-1)33-28-35(50-45-23-11-6-18-39(45)40-19-7-12-24-46(40)50)30-36(29-33)51-47-25-13-8-20-41(47)42-31-34(26-27-48(42)51)49-43-21-9-4-16-37(43)38-17-5-10-22-44(38)49/h1-31H/i1D,2D,3D,4D,5D,6D,7D,9D,10D,11D,12D,14D,15D,16D,17D,18D,19D,21D,22D,23D,24D,28D,29D,30D. The molecule has 3 heteroatoms. The summed E-state index contributed by atoms with van der Waals surface area (Å²) in [7, 11) is 0. The van der Waals surface area contributed by atoms with Crippen LogP contribution in [-0.4, -0.2) is 13.7 Å². The third-order valence-corrected chi connectivity index (χ3v) is 8.90. The molecule has 0 saturated carbocycles. The van der Waals surface area contributed by atoms with E-state index in [1.54, 1.807) is 30.3 Å². The minimum atomic E-state index is -0.894. The molecule has 3 nitrogen and oxygen atoms in total. The molecule has 0 fully saturated rings. The Kier molecular flexibility index (Phi) is 2.86. The fraction of sp³-hybridized carbons (Fsp3) is 0. The highest BCUT2D eigenvalue weighted by Crippen LogP contribution is 2.39. The van der Waals surface area contributed by atoms with Gasteiger partial charge < -0.3 is 13.7 Å². The molecule has 0 N–H and O–H groups in total. The van der Waals surface area contributed by atoms with E-state index >= 15 is 0 Å². The molecule has 0 atom stereocenters. The smallest absolute Gasteiger partial charge is 0.0667 e. The van der Waals surface area contributed by atoms with E-state index in [1.165, 1.54) is 21.3 Å². The highest BCUT2D eigenvalue weighted by atomic mass is 15.0. The van der Waals surface area contributed by atoms with Crippen molar-refractivity contribution in [1.82, 2.24) is 13.7 Å². The van der Waals surface area contributed by atoms with Crippen LogP contribution in [0.5, 0.6) is 0 Å². The van der Waals surface area contributed by atoms with Gasteiger partial charge >= 0.3 is 0 Å². The molecular weight excluding hydrogens is 619 g/mol. The van der Waals surface area contributed by atoms with Gasteiger partial charge in [-0.25, -0.2) is 0 Å². The molecular formula is C48H31N3. The molecule has 3 heterocycles. The van der Waals surface area contributed by atoms with E-state index in [9.17, 15) is 6.85 Å². The first-order valence-electron chi connectivity index (χ1n) is 27.6. The van der Waals surface area contributed by atoms with Gasteiger partial charge in [-0.1, -0.05) is 121 Å². The number of fused-ring (bicyclic) bond motifs is 9. The SMILES string of the molecule is [2H]c1c([2H])c([2H])c(-c2c([2H])c(-n3c4ccccc4c4cc(-n5c6c([2H])c([2H])c([2H])c([2H])c6c6c([2H])c([2H])c([2H])c([2H])c65)ccc43)c([2H])c(-n3c4c([2H])c([2H])c([2H])c([2H])c4c4c([2H])c([2H])c([2H])c([2H])c43)c2[2H])c([2H])c1[2H]. The Morgan fingerprint density at radius 1 is 0.314 bits per heavy atom. The van der Waals surface area contributed by atoms with Gasteiger partial charge in [0.15, 0.2) is 0 Å². The Labute approximate surface area is 328 Å². The number of hydrogen-bond acceptors (Lipinski definition) is 0. The second-order valence-electron chi connectivity index (χ2n) is 11.6. The van der Waals surface area contributed by atoms with Crippen molar-refractivity contribution in [2.45, 2.75) is 0 Å². The fourth-order valence-corrected chi connectivity index (χ4v) is 6.83. The minimum Gasteiger partial charge on any atom is -0.309 e. The second-order valence-corrected chi connectivity index (χ2v) is 11.6. The summed E-state index contributed by atoms with van der Waals surface area (Å²) in [5, 5.41) is -0.478. The first-order chi connectivity index (χ1) is 35.3. The quantitative estimate of drug-likeness (QED) is 0.177. The average molecular weight is 674 g/mol. The molecule has 0 amide bonds. The predicted molar refractivity (Wildman–Crippen MR) is 215 cm³/mol. The van der Waals surface area contributed by atoms with Gasteiger partial charge in [-0.3, -0.25) is 0 Å². The molecule has 0 aliphatic heterocycles. The normalized spacial score (nSPS) is 18.5. The second kappa shape index (κ2) is 10.8. The van der Waals surface area contributed by atoms with Crippen molar-refractivity contribution in [2.24, 2.45) is 0 Å². The maximum Gasteiger partial charge on any atom is 0.0667 e. The maximum atomic E-state index is 10.2. The summed E-state index contributed by atoms with van der Waals surface area (Å²) in [5.74, 6) is 0. The first-order valence-corrected chi connectivity index (χ1v) is 15.6. The fourth-order valence-electron chi connectivity index (χ4n) is 6.83. The third kappa shape index (κ3) is 4.12. The Morgan fingerprint density at radius 2 is 0.765 bits per heavy atom. The lowest BCUT2D eigenvalue weighted by atomic mass is 10.0. The minimum absolute atomic E-state index is 0.133. The summed E-state index contributed by atoms with van der Waals surface area (Å²) in [6, 6.07) is -6.64. The van der Waals surface area contributed by atoms with Crippen LogP contribution in [0.1, 0.15) is 32.9 Å². The van der Waals surface area contributed by atoms with Crippen LogP contribution in [0.3, 0.4) is 0 Å². The van der Waals surface area contributed by atoms with Gasteiger partial charge in [-0.15, -0.1) is 0 Å². The predicted octanol–water partition coefficient (Wildman–Crippen LogP) is 12.6.